The Morgan fingerprint density at radius 1 is 0.889 bits per heavy atom. The van der Waals surface area contributed by atoms with Gasteiger partial charge in [0.25, 0.3) is 10.0 Å². The molecule has 0 saturated carbocycles. The summed E-state index contributed by atoms with van der Waals surface area (Å²) in [4.78, 5) is 12.3. The number of hydrogen-bond acceptors (Lipinski definition) is 3. The Hall–Kier alpha value is -3.54. The van der Waals surface area contributed by atoms with E-state index in [4.69, 9.17) is 0 Å². The number of hydrogen-bond donors (Lipinski definition) is 1. The molecule has 12 heteroatoms. The van der Waals surface area contributed by atoms with Gasteiger partial charge in [-0.3, -0.25) is 9.10 Å². The summed E-state index contributed by atoms with van der Waals surface area (Å²) in [5, 5.41) is 1.73. The van der Waals surface area contributed by atoms with E-state index < -0.39 is 46.4 Å². The van der Waals surface area contributed by atoms with Crippen LogP contribution in [0.25, 0.3) is 11.1 Å². The van der Waals surface area contributed by atoms with E-state index >= 15 is 0 Å². The number of carbonyl (C=O) groups is 1. The molecule has 0 saturated heterocycles. The number of rotatable bonds is 5. The van der Waals surface area contributed by atoms with Crippen LogP contribution in [0.1, 0.15) is 11.1 Å². The van der Waals surface area contributed by atoms with Gasteiger partial charge < -0.3 is 5.32 Å². The fraction of sp³-hybridized carbons (Fsp3) is 0.208. The van der Waals surface area contributed by atoms with Crippen molar-refractivity contribution < 1.29 is 39.6 Å². The Balaban J connectivity index is 1.70. The number of para-hydroxylation sites is 1. The van der Waals surface area contributed by atoms with Gasteiger partial charge in [-0.2, -0.15) is 26.3 Å². The van der Waals surface area contributed by atoms with Crippen molar-refractivity contribution in [3.63, 3.8) is 0 Å². The van der Waals surface area contributed by atoms with Crippen LogP contribution in [-0.2, 0) is 27.4 Å². The van der Waals surface area contributed by atoms with Gasteiger partial charge in [0.15, 0.2) is 0 Å². The van der Waals surface area contributed by atoms with Crippen molar-refractivity contribution in [1.82, 2.24) is 5.32 Å². The van der Waals surface area contributed by atoms with Crippen molar-refractivity contribution >= 4 is 21.6 Å². The average Bonchev–Trinajstić information content (AvgIpc) is 3.22. The molecule has 4 rings (SSSR count). The molecule has 1 N–H and O–H groups in total. The first-order valence-corrected chi connectivity index (χ1v) is 12.0. The van der Waals surface area contributed by atoms with E-state index in [1.807, 2.05) is 0 Å². The molecule has 190 valence electrons. The van der Waals surface area contributed by atoms with Gasteiger partial charge in [-0.05, 0) is 41.0 Å². The van der Waals surface area contributed by atoms with Crippen molar-refractivity contribution in [3.05, 3.63) is 83.9 Å². The third kappa shape index (κ3) is 5.03. The van der Waals surface area contributed by atoms with E-state index in [9.17, 15) is 39.6 Å². The minimum atomic E-state index is -4.69. The summed E-state index contributed by atoms with van der Waals surface area (Å²) in [6, 6.07) is 14.1. The largest absolute Gasteiger partial charge is 0.417 e. The predicted molar refractivity (Wildman–Crippen MR) is 120 cm³/mol. The number of nitrogens with zero attached hydrogens (tertiary/aromatic N) is 1. The van der Waals surface area contributed by atoms with Crippen LogP contribution in [0.5, 0.6) is 0 Å². The molecule has 1 heterocycles. The van der Waals surface area contributed by atoms with Crippen molar-refractivity contribution in [2.75, 3.05) is 10.8 Å². The standard InChI is InChI=1S/C24H18F6N2O3S/c25-23(26,27)14-31-22(33)21-13-16-5-1-4-8-20(16)32(21)36(34,35)17-11-9-15(10-12-17)18-6-2-3-7-19(18)24(28,29)30/h1-12,21H,13-14H2,(H,31,33)/t21-/m0/s1. The summed E-state index contributed by atoms with van der Waals surface area (Å²) < 4.78 is 106. The monoisotopic (exact) mass is 528 g/mol. The number of fused-ring (bicyclic) bond motifs is 1. The first-order valence-electron chi connectivity index (χ1n) is 10.5. The highest BCUT2D eigenvalue weighted by atomic mass is 32.2. The lowest BCUT2D eigenvalue weighted by atomic mass is 9.99. The first kappa shape index (κ1) is 25.5. The molecule has 1 amide bonds. The molecule has 1 aliphatic heterocycles. The molecule has 0 fully saturated rings. The summed E-state index contributed by atoms with van der Waals surface area (Å²) in [5.74, 6) is -1.12. The quantitative estimate of drug-likeness (QED) is 0.465. The molecule has 3 aromatic rings. The number of nitrogens with one attached hydrogen (secondary N) is 1. The molecule has 1 atom stereocenters. The molecule has 0 aliphatic carbocycles. The van der Waals surface area contributed by atoms with Gasteiger partial charge in [0.2, 0.25) is 5.91 Å². The summed E-state index contributed by atoms with van der Waals surface area (Å²) in [7, 11) is -4.47. The van der Waals surface area contributed by atoms with Crippen LogP contribution in [0.2, 0.25) is 0 Å². The second kappa shape index (κ2) is 9.16. The predicted octanol–water partition coefficient (Wildman–Crippen LogP) is 5.17. The maximum Gasteiger partial charge on any atom is 0.417 e. The van der Waals surface area contributed by atoms with Crippen molar-refractivity contribution in [3.8, 4) is 11.1 Å². The van der Waals surface area contributed by atoms with Gasteiger partial charge in [0.1, 0.15) is 12.6 Å². The van der Waals surface area contributed by atoms with Gasteiger partial charge in [-0.15, -0.1) is 0 Å². The number of sulfonamides is 1. The van der Waals surface area contributed by atoms with Crippen LogP contribution in [0.15, 0.2) is 77.7 Å². The molecule has 0 aromatic heterocycles. The normalized spacial score (nSPS) is 16.1. The van der Waals surface area contributed by atoms with Crippen LogP contribution in [-0.4, -0.2) is 33.1 Å². The van der Waals surface area contributed by atoms with Crippen LogP contribution < -0.4 is 9.62 Å². The second-order valence-corrected chi connectivity index (χ2v) is 9.87. The number of benzene rings is 3. The Bertz CT molecular complexity index is 1390. The Labute approximate surface area is 202 Å². The molecule has 36 heavy (non-hydrogen) atoms. The molecule has 0 radical (unpaired) electrons. The van der Waals surface area contributed by atoms with Gasteiger partial charge in [0, 0.05) is 6.42 Å². The highest BCUT2D eigenvalue weighted by molar-refractivity contribution is 7.93. The number of amides is 1. The maximum absolute atomic E-state index is 13.5. The lowest BCUT2D eigenvalue weighted by molar-refractivity contribution is -0.138. The van der Waals surface area contributed by atoms with E-state index in [2.05, 4.69) is 0 Å². The molecule has 0 unspecified atom stereocenters. The zero-order valence-electron chi connectivity index (χ0n) is 18.3. The Morgan fingerprint density at radius 2 is 1.50 bits per heavy atom. The van der Waals surface area contributed by atoms with E-state index in [1.165, 1.54) is 42.5 Å². The third-order valence-corrected chi connectivity index (χ3v) is 7.48. The lowest BCUT2D eigenvalue weighted by Crippen LogP contribution is -2.49. The van der Waals surface area contributed by atoms with E-state index in [0.29, 0.717) is 5.56 Å². The van der Waals surface area contributed by atoms with Crippen molar-refractivity contribution in [2.45, 2.75) is 29.7 Å². The topological polar surface area (TPSA) is 66.5 Å². The zero-order valence-corrected chi connectivity index (χ0v) is 19.1. The zero-order chi connectivity index (χ0) is 26.3. The molecule has 1 aliphatic rings. The van der Waals surface area contributed by atoms with E-state index in [0.717, 1.165) is 22.5 Å². The Kier molecular flexibility index (Phi) is 6.50. The highest BCUT2D eigenvalue weighted by Gasteiger charge is 2.43. The fourth-order valence-corrected chi connectivity index (χ4v) is 5.71. The van der Waals surface area contributed by atoms with Gasteiger partial charge in [-0.25, -0.2) is 8.42 Å². The van der Waals surface area contributed by atoms with Gasteiger partial charge >= 0.3 is 12.4 Å². The molecule has 0 bridgehead atoms. The first-order chi connectivity index (χ1) is 16.8. The number of carbonyl (C=O) groups excluding carboxylic acids is 1. The summed E-state index contributed by atoms with van der Waals surface area (Å²) in [6.07, 6.45) is -9.46. The van der Waals surface area contributed by atoms with Crippen LogP contribution in [0, 0.1) is 0 Å². The van der Waals surface area contributed by atoms with E-state index in [1.54, 1.807) is 17.4 Å². The van der Waals surface area contributed by atoms with Gasteiger partial charge in [0.05, 0.1) is 16.1 Å². The molecule has 3 aromatic carbocycles. The number of anilines is 1. The third-order valence-electron chi connectivity index (χ3n) is 5.65. The average molecular weight is 528 g/mol. The summed E-state index contributed by atoms with van der Waals surface area (Å²) in [6.45, 7) is -1.63. The van der Waals surface area contributed by atoms with E-state index in [-0.39, 0.29) is 28.1 Å². The summed E-state index contributed by atoms with van der Waals surface area (Å²) in [5.41, 5.74) is -0.344. The van der Waals surface area contributed by atoms with Crippen molar-refractivity contribution in [2.24, 2.45) is 0 Å². The minimum absolute atomic E-state index is 0.114. The Morgan fingerprint density at radius 3 is 2.14 bits per heavy atom. The van der Waals surface area contributed by atoms with Crippen LogP contribution in [0.4, 0.5) is 32.0 Å². The van der Waals surface area contributed by atoms with Crippen LogP contribution in [0.3, 0.4) is 0 Å². The van der Waals surface area contributed by atoms with Crippen molar-refractivity contribution in [1.29, 1.82) is 0 Å². The fourth-order valence-electron chi connectivity index (χ4n) is 4.06. The molecule has 5 nitrogen and oxygen atoms in total. The van der Waals surface area contributed by atoms with Crippen LogP contribution >= 0.6 is 0 Å². The number of alkyl halides is 6. The lowest BCUT2D eigenvalue weighted by Gasteiger charge is -2.26. The maximum atomic E-state index is 13.5. The molecular weight excluding hydrogens is 510 g/mol. The smallest absolute Gasteiger partial charge is 0.345 e. The molecule has 0 spiro atoms. The summed E-state index contributed by atoms with van der Waals surface area (Å²) >= 11 is 0. The number of halogens is 6. The SMILES string of the molecule is O=C(NCC(F)(F)F)[C@@H]1Cc2ccccc2N1S(=O)(=O)c1ccc(-c2ccccc2C(F)(F)F)cc1. The highest BCUT2D eigenvalue weighted by Crippen LogP contribution is 2.39. The molecular formula is C24H18F6N2O3S. The van der Waals surface area contributed by atoms with Gasteiger partial charge in [-0.1, -0.05) is 48.5 Å². The second-order valence-electron chi connectivity index (χ2n) is 8.05. The minimum Gasteiger partial charge on any atom is -0.345 e.